The maximum absolute atomic E-state index is 12.1. The second-order valence-electron chi connectivity index (χ2n) is 5.46. The Bertz CT molecular complexity index is 697. The Morgan fingerprint density at radius 1 is 1.35 bits per heavy atom. The topological polar surface area (TPSA) is 116 Å². The Morgan fingerprint density at radius 2 is 1.96 bits per heavy atom. The minimum absolute atomic E-state index is 0. The number of halogens is 1. The summed E-state index contributed by atoms with van der Waals surface area (Å²) in [6.45, 7) is 3.94. The zero-order valence-electron chi connectivity index (χ0n) is 12.7. The zero-order chi connectivity index (χ0) is 16.3. The fourth-order valence-electron chi connectivity index (χ4n) is 1.74. The van der Waals surface area contributed by atoms with E-state index >= 15 is 0 Å². The third-order valence-electron chi connectivity index (χ3n) is 3.11. The van der Waals surface area contributed by atoms with Gasteiger partial charge in [0.15, 0.2) is 5.69 Å². The smallest absolute Gasteiger partial charge is 0.272 e. The van der Waals surface area contributed by atoms with Crippen LogP contribution in [0.1, 0.15) is 24.3 Å². The van der Waals surface area contributed by atoms with E-state index in [4.69, 9.17) is 5.73 Å². The van der Waals surface area contributed by atoms with E-state index in [-0.39, 0.29) is 29.7 Å². The number of nitrogens with one attached hydrogen (secondary N) is 1. The summed E-state index contributed by atoms with van der Waals surface area (Å²) >= 11 is 0. The molecule has 0 atom stereocenters. The summed E-state index contributed by atoms with van der Waals surface area (Å²) in [6.07, 6.45) is 1.62. The van der Waals surface area contributed by atoms with Crippen molar-refractivity contribution in [3.8, 4) is 5.69 Å². The first-order valence-electron chi connectivity index (χ1n) is 6.65. The normalized spacial score (nSPS) is 10.7. The monoisotopic (exact) mass is 339 g/mol. The SMILES string of the molecule is CC(C)(CN)NC(=O)c1ccn(-c2ccc([N+](=O)[O-])cc2)n1.Cl. The second-order valence-corrected chi connectivity index (χ2v) is 5.46. The maximum atomic E-state index is 12.1. The number of hydrogen-bond donors (Lipinski definition) is 2. The largest absolute Gasteiger partial charge is 0.344 e. The third-order valence-corrected chi connectivity index (χ3v) is 3.11. The summed E-state index contributed by atoms with van der Waals surface area (Å²) in [5.74, 6) is -0.323. The number of amides is 1. The molecule has 0 spiro atoms. The van der Waals surface area contributed by atoms with Gasteiger partial charge in [0.05, 0.1) is 10.6 Å². The molecule has 0 aliphatic rings. The molecule has 0 radical (unpaired) electrons. The van der Waals surface area contributed by atoms with Crippen molar-refractivity contribution in [3.63, 3.8) is 0 Å². The van der Waals surface area contributed by atoms with Gasteiger partial charge in [-0.15, -0.1) is 12.4 Å². The lowest BCUT2D eigenvalue weighted by atomic mass is 10.1. The van der Waals surface area contributed by atoms with E-state index in [1.54, 1.807) is 24.4 Å². The van der Waals surface area contributed by atoms with Crippen LogP contribution in [0, 0.1) is 10.1 Å². The van der Waals surface area contributed by atoms with Crippen molar-refractivity contribution < 1.29 is 9.72 Å². The standard InChI is InChI=1S/C14H17N5O3.ClH/c1-14(2,9-15)16-13(20)12-7-8-18(17-12)10-3-5-11(6-4-10)19(21)22;/h3-8H,9,15H2,1-2H3,(H,16,20);1H. The number of benzene rings is 1. The second kappa shape index (κ2) is 7.21. The average molecular weight is 340 g/mol. The molecule has 1 amide bonds. The van der Waals surface area contributed by atoms with Crippen molar-refractivity contribution in [2.24, 2.45) is 5.73 Å². The molecule has 0 aliphatic carbocycles. The van der Waals surface area contributed by atoms with Crippen LogP contribution in [-0.2, 0) is 0 Å². The van der Waals surface area contributed by atoms with Gasteiger partial charge < -0.3 is 11.1 Å². The number of carbonyl (C=O) groups excluding carboxylic acids is 1. The summed E-state index contributed by atoms with van der Waals surface area (Å²) in [4.78, 5) is 22.2. The number of aromatic nitrogens is 2. The first kappa shape index (κ1) is 18.6. The van der Waals surface area contributed by atoms with Crippen molar-refractivity contribution in [2.75, 3.05) is 6.54 Å². The summed E-state index contributed by atoms with van der Waals surface area (Å²) < 4.78 is 1.48. The van der Waals surface area contributed by atoms with Crippen molar-refractivity contribution in [1.82, 2.24) is 15.1 Å². The quantitative estimate of drug-likeness (QED) is 0.635. The zero-order valence-corrected chi connectivity index (χ0v) is 13.5. The highest BCUT2D eigenvalue weighted by Gasteiger charge is 2.20. The van der Waals surface area contributed by atoms with Gasteiger partial charge in [0.1, 0.15) is 0 Å². The van der Waals surface area contributed by atoms with E-state index in [0.717, 1.165) is 0 Å². The third kappa shape index (κ3) is 4.51. The molecular weight excluding hydrogens is 322 g/mol. The minimum Gasteiger partial charge on any atom is -0.344 e. The van der Waals surface area contributed by atoms with Crippen LogP contribution in [0.25, 0.3) is 5.69 Å². The fourth-order valence-corrected chi connectivity index (χ4v) is 1.74. The van der Waals surface area contributed by atoms with E-state index in [9.17, 15) is 14.9 Å². The van der Waals surface area contributed by atoms with Gasteiger partial charge in [-0.2, -0.15) is 5.10 Å². The number of carbonyl (C=O) groups is 1. The highest BCUT2D eigenvalue weighted by atomic mass is 35.5. The molecule has 0 unspecified atom stereocenters. The number of nitro groups is 1. The Kier molecular flexibility index (Phi) is 5.83. The first-order chi connectivity index (χ1) is 10.3. The highest BCUT2D eigenvalue weighted by Crippen LogP contribution is 2.15. The number of hydrogen-bond acceptors (Lipinski definition) is 5. The molecule has 0 aliphatic heterocycles. The average Bonchev–Trinajstić information content (AvgIpc) is 2.97. The van der Waals surface area contributed by atoms with Crippen LogP contribution < -0.4 is 11.1 Å². The summed E-state index contributed by atoms with van der Waals surface area (Å²) in [5.41, 5.74) is 5.93. The lowest BCUT2D eigenvalue weighted by Crippen LogP contribution is -2.48. The number of nitro benzene ring substituents is 1. The number of non-ortho nitro benzene ring substituents is 1. The molecule has 1 heterocycles. The number of nitrogens with two attached hydrogens (primary N) is 1. The molecule has 9 heteroatoms. The maximum Gasteiger partial charge on any atom is 0.272 e. The van der Waals surface area contributed by atoms with Crippen LogP contribution in [0.5, 0.6) is 0 Å². The molecule has 1 aromatic heterocycles. The Hall–Kier alpha value is -2.45. The summed E-state index contributed by atoms with van der Waals surface area (Å²) in [5, 5.41) is 17.6. The van der Waals surface area contributed by atoms with Crippen LogP contribution in [0.15, 0.2) is 36.5 Å². The fraction of sp³-hybridized carbons (Fsp3) is 0.286. The summed E-state index contributed by atoms with van der Waals surface area (Å²) in [7, 11) is 0. The molecule has 0 saturated carbocycles. The van der Waals surface area contributed by atoms with E-state index in [0.29, 0.717) is 12.2 Å². The van der Waals surface area contributed by atoms with Gasteiger partial charge in [-0.3, -0.25) is 14.9 Å². The van der Waals surface area contributed by atoms with E-state index in [1.165, 1.54) is 16.8 Å². The van der Waals surface area contributed by atoms with Gasteiger partial charge in [-0.1, -0.05) is 0 Å². The molecular formula is C14H18ClN5O3. The number of nitrogens with zero attached hydrogens (tertiary/aromatic N) is 3. The first-order valence-corrected chi connectivity index (χ1v) is 6.65. The van der Waals surface area contributed by atoms with Crippen LogP contribution in [0.3, 0.4) is 0 Å². The van der Waals surface area contributed by atoms with Gasteiger partial charge in [0, 0.05) is 30.4 Å². The van der Waals surface area contributed by atoms with Crippen LogP contribution in [-0.4, -0.2) is 32.7 Å². The van der Waals surface area contributed by atoms with Crippen molar-refractivity contribution >= 4 is 24.0 Å². The van der Waals surface area contributed by atoms with Crippen molar-refractivity contribution in [3.05, 3.63) is 52.3 Å². The molecule has 1 aromatic carbocycles. The van der Waals surface area contributed by atoms with Gasteiger partial charge in [0.2, 0.25) is 0 Å². The predicted molar refractivity (Wildman–Crippen MR) is 88.1 cm³/mol. The van der Waals surface area contributed by atoms with Crippen LogP contribution in [0.4, 0.5) is 5.69 Å². The molecule has 0 bridgehead atoms. The Labute approximate surface area is 139 Å². The molecule has 0 fully saturated rings. The van der Waals surface area contributed by atoms with Gasteiger partial charge in [-0.05, 0) is 32.0 Å². The van der Waals surface area contributed by atoms with E-state index < -0.39 is 10.5 Å². The van der Waals surface area contributed by atoms with Gasteiger partial charge >= 0.3 is 0 Å². The molecule has 3 N–H and O–H groups in total. The highest BCUT2D eigenvalue weighted by molar-refractivity contribution is 5.92. The van der Waals surface area contributed by atoms with Crippen LogP contribution >= 0.6 is 12.4 Å². The molecule has 23 heavy (non-hydrogen) atoms. The molecule has 2 aromatic rings. The van der Waals surface area contributed by atoms with E-state index in [2.05, 4.69) is 10.4 Å². The van der Waals surface area contributed by atoms with E-state index in [1.807, 2.05) is 13.8 Å². The Morgan fingerprint density at radius 3 is 2.48 bits per heavy atom. The molecule has 124 valence electrons. The lowest BCUT2D eigenvalue weighted by Gasteiger charge is -2.23. The van der Waals surface area contributed by atoms with Crippen molar-refractivity contribution in [2.45, 2.75) is 19.4 Å². The minimum atomic E-state index is -0.520. The van der Waals surface area contributed by atoms with Gasteiger partial charge in [-0.25, -0.2) is 4.68 Å². The van der Waals surface area contributed by atoms with Gasteiger partial charge in [0.25, 0.3) is 11.6 Å². The lowest BCUT2D eigenvalue weighted by molar-refractivity contribution is -0.384. The van der Waals surface area contributed by atoms with Crippen LogP contribution in [0.2, 0.25) is 0 Å². The molecule has 8 nitrogen and oxygen atoms in total. The summed E-state index contributed by atoms with van der Waals surface area (Å²) in [6, 6.07) is 7.47. The number of rotatable bonds is 5. The Balaban J connectivity index is 0.00000264. The molecule has 0 saturated heterocycles. The van der Waals surface area contributed by atoms with Crippen molar-refractivity contribution in [1.29, 1.82) is 0 Å². The molecule has 2 rings (SSSR count). The predicted octanol–water partition coefficient (Wildman–Crippen LogP) is 1.67.